The molecule has 0 saturated heterocycles. The number of hydrogen-bond donors (Lipinski definition) is 2. The average Bonchev–Trinajstić information content (AvgIpc) is 2.58. The third-order valence-corrected chi connectivity index (χ3v) is 4.21. The van der Waals surface area contributed by atoms with E-state index < -0.39 is 0 Å². The summed E-state index contributed by atoms with van der Waals surface area (Å²) in [6.45, 7) is 4.13. The third-order valence-electron chi connectivity index (χ3n) is 3.10. The van der Waals surface area contributed by atoms with Crippen molar-refractivity contribution < 1.29 is 14.6 Å². The van der Waals surface area contributed by atoms with E-state index in [2.05, 4.69) is 10.5 Å². The van der Waals surface area contributed by atoms with Gasteiger partial charge in [0, 0.05) is 4.90 Å². The highest BCUT2D eigenvalue weighted by Gasteiger charge is 2.13. The van der Waals surface area contributed by atoms with E-state index in [4.69, 9.17) is 4.74 Å². The summed E-state index contributed by atoms with van der Waals surface area (Å²) in [5.41, 5.74) is 3.25. The van der Waals surface area contributed by atoms with Crippen LogP contribution in [0.15, 0.2) is 58.5 Å². The fraction of sp³-hybridized carbons (Fsp3) is 0.222. The van der Waals surface area contributed by atoms with E-state index in [1.807, 2.05) is 44.2 Å². The molecule has 0 aromatic heterocycles. The van der Waals surface area contributed by atoms with E-state index in [1.54, 1.807) is 12.1 Å². The minimum Gasteiger partial charge on any atom is -0.504 e. The van der Waals surface area contributed by atoms with Gasteiger partial charge in [0.2, 0.25) is 0 Å². The Morgan fingerprint density at radius 3 is 2.79 bits per heavy atom. The number of carbonyl (C=O) groups is 1. The standard InChI is InChI=1S/C18H20N2O3S/c1-3-23-17-11-14(9-10-16(17)21)12-19-20-18(22)13(2)24-15-7-5-4-6-8-15/h4-13,21H,3H2,1-2H3,(H,20,22)/b19-12+/t13-/m1/s1. The van der Waals surface area contributed by atoms with Gasteiger partial charge in [0.15, 0.2) is 11.5 Å². The summed E-state index contributed by atoms with van der Waals surface area (Å²) in [5, 5.41) is 13.3. The Labute approximate surface area is 145 Å². The van der Waals surface area contributed by atoms with Crippen LogP contribution in [0.3, 0.4) is 0 Å². The molecule has 1 amide bonds. The second kappa shape index (κ2) is 8.98. The zero-order valence-corrected chi connectivity index (χ0v) is 14.4. The van der Waals surface area contributed by atoms with Crippen molar-refractivity contribution in [3.05, 3.63) is 54.1 Å². The van der Waals surface area contributed by atoms with E-state index in [1.165, 1.54) is 24.0 Å². The molecule has 2 aromatic carbocycles. The fourth-order valence-corrected chi connectivity index (χ4v) is 2.78. The Bertz CT molecular complexity index is 705. The predicted octanol–water partition coefficient (Wildman–Crippen LogP) is 3.42. The molecule has 0 aliphatic rings. The Morgan fingerprint density at radius 2 is 2.08 bits per heavy atom. The van der Waals surface area contributed by atoms with Crippen LogP contribution in [-0.2, 0) is 4.79 Å². The van der Waals surface area contributed by atoms with Gasteiger partial charge in [0.05, 0.1) is 18.1 Å². The summed E-state index contributed by atoms with van der Waals surface area (Å²) in [4.78, 5) is 13.1. The number of aromatic hydroxyl groups is 1. The molecule has 0 aliphatic carbocycles. The first-order valence-electron chi connectivity index (χ1n) is 7.60. The molecule has 2 N–H and O–H groups in total. The number of nitrogens with one attached hydrogen (secondary N) is 1. The molecule has 2 rings (SSSR count). The van der Waals surface area contributed by atoms with Crippen LogP contribution < -0.4 is 10.2 Å². The summed E-state index contributed by atoms with van der Waals surface area (Å²) >= 11 is 1.47. The van der Waals surface area contributed by atoms with Gasteiger partial charge in [0.25, 0.3) is 5.91 Å². The van der Waals surface area contributed by atoms with E-state index in [0.717, 1.165) is 10.5 Å². The second-order valence-electron chi connectivity index (χ2n) is 4.97. The monoisotopic (exact) mass is 344 g/mol. The zero-order valence-electron chi connectivity index (χ0n) is 13.6. The highest BCUT2D eigenvalue weighted by molar-refractivity contribution is 8.00. The molecule has 0 saturated carbocycles. The van der Waals surface area contributed by atoms with Crippen LogP contribution >= 0.6 is 11.8 Å². The molecular weight excluding hydrogens is 324 g/mol. The number of carbonyl (C=O) groups excluding carboxylic acids is 1. The number of hydrazone groups is 1. The molecule has 1 atom stereocenters. The van der Waals surface area contributed by atoms with Crippen LogP contribution in [0, 0.1) is 0 Å². The van der Waals surface area contributed by atoms with Crippen molar-refractivity contribution in [3.8, 4) is 11.5 Å². The summed E-state index contributed by atoms with van der Waals surface area (Å²) in [7, 11) is 0. The lowest BCUT2D eigenvalue weighted by molar-refractivity contribution is -0.120. The van der Waals surface area contributed by atoms with Gasteiger partial charge in [-0.3, -0.25) is 4.79 Å². The lowest BCUT2D eigenvalue weighted by atomic mass is 10.2. The van der Waals surface area contributed by atoms with Crippen molar-refractivity contribution in [3.63, 3.8) is 0 Å². The summed E-state index contributed by atoms with van der Waals surface area (Å²) in [6.07, 6.45) is 1.51. The number of amides is 1. The minimum atomic E-state index is -0.261. The van der Waals surface area contributed by atoms with Crippen LogP contribution in [0.4, 0.5) is 0 Å². The molecule has 0 aliphatic heterocycles. The number of phenolic OH excluding ortho intramolecular Hbond substituents is 1. The van der Waals surface area contributed by atoms with Crippen molar-refractivity contribution in [2.45, 2.75) is 24.0 Å². The van der Waals surface area contributed by atoms with E-state index in [9.17, 15) is 9.90 Å². The molecule has 5 nitrogen and oxygen atoms in total. The van der Waals surface area contributed by atoms with Crippen molar-refractivity contribution in [2.75, 3.05) is 6.61 Å². The highest BCUT2D eigenvalue weighted by Crippen LogP contribution is 2.26. The number of ether oxygens (including phenoxy) is 1. The SMILES string of the molecule is CCOc1cc(/C=N/NC(=O)[C@@H](C)Sc2ccccc2)ccc1O. The summed E-state index contributed by atoms with van der Waals surface area (Å²) < 4.78 is 5.31. The fourth-order valence-electron chi connectivity index (χ4n) is 1.90. The maximum Gasteiger partial charge on any atom is 0.253 e. The molecule has 0 unspecified atom stereocenters. The van der Waals surface area contributed by atoms with Gasteiger partial charge in [-0.1, -0.05) is 18.2 Å². The lowest BCUT2D eigenvalue weighted by Gasteiger charge is -2.09. The first-order chi connectivity index (χ1) is 11.6. The van der Waals surface area contributed by atoms with Crippen LogP contribution in [-0.4, -0.2) is 29.1 Å². The van der Waals surface area contributed by atoms with Crippen LogP contribution in [0.2, 0.25) is 0 Å². The first-order valence-corrected chi connectivity index (χ1v) is 8.48. The Hall–Kier alpha value is -2.47. The van der Waals surface area contributed by atoms with Gasteiger partial charge in [-0.2, -0.15) is 5.10 Å². The Kier molecular flexibility index (Phi) is 6.69. The maximum atomic E-state index is 12.1. The molecule has 0 fully saturated rings. The quantitative estimate of drug-likeness (QED) is 0.459. The molecule has 0 heterocycles. The first kappa shape index (κ1) is 17.9. The molecule has 24 heavy (non-hydrogen) atoms. The lowest BCUT2D eigenvalue weighted by Crippen LogP contribution is -2.26. The number of hydrogen-bond acceptors (Lipinski definition) is 5. The number of phenols is 1. The molecule has 2 aromatic rings. The van der Waals surface area contributed by atoms with Gasteiger partial charge in [-0.15, -0.1) is 11.8 Å². The molecule has 0 bridgehead atoms. The van der Waals surface area contributed by atoms with Crippen LogP contribution in [0.1, 0.15) is 19.4 Å². The third kappa shape index (κ3) is 5.31. The summed E-state index contributed by atoms with van der Waals surface area (Å²) in [5.74, 6) is 0.288. The van der Waals surface area contributed by atoms with Gasteiger partial charge >= 0.3 is 0 Å². The highest BCUT2D eigenvalue weighted by atomic mass is 32.2. The van der Waals surface area contributed by atoms with Gasteiger partial charge < -0.3 is 9.84 Å². The number of rotatable bonds is 7. The van der Waals surface area contributed by atoms with Crippen LogP contribution in [0.25, 0.3) is 0 Å². The smallest absolute Gasteiger partial charge is 0.253 e. The van der Waals surface area contributed by atoms with Crippen molar-refractivity contribution in [1.82, 2.24) is 5.43 Å². The number of thioether (sulfide) groups is 1. The number of nitrogens with zero attached hydrogens (tertiary/aromatic N) is 1. The molecule has 126 valence electrons. The Balaban J connectivity index is 1.91. The van der Waals surface area contributed by atoms with E-state index >= 15 is 0 Å². The van der Waals surface area contributed by atoms with Crippen molar-refractivity contribution in [1.29, 1.82) is 0 Å². The number of benzene rings is 2. The summed E-state index contributed by atoms with van der Waals surface area (Å²) in [6, 6.07) is 14.6. The normalized spacial score (nSPS) is 12.1. The molecule has 0 spiro atoms. The molecule has 0 radical (unpaired) electrons. The van der Waals surface area contributed by atoms with Crippen LogP contribution in [0.5, 0.6) is 11.5 Å². The van der Waals surface area contributed by atoms with Gasteiger partial charge in [-0.25, -0.2) is 5.43 Å². The largest absolute Gasteiger partial charge is 0.504 e. The predicted molar refractivity (Wildman–Crippen MR) is 96.8 cm³/mol. The van der Waals surface area contributed by atoms with Gasteiger partial charge in [0.1, 0.15) is 0 Å². The van der Waals surface area contributed by atoms with E-state index in [-0.39, 0.29) is 16.9 Å². The Morgan fingerprint density at radius 1 is 1.33 bits per heavy atom. The molecular formula is C18H20N2O3S. The topological polar surface area (TPSA) is 70.9 Å². The van der Waals surface area contributed by atoms with Crippen molar-refractivity contribution in [2.24, 2.45) is 5.10 Å². The maximum absolute atomic E-state index is 12.1. The van der Waals surface area contributed by atoms with Crippen molar-refractivity contribution >= 4 is 23.9 Å². The minimum absolute atomic E-state index is 0.0749. The second-order valence-corrected chi connectivity index (χ2v) is 6.38. The van der Waals surface area contributed by atoms with E-state index in [0.29, 0.717) is 12.4 Å². The average molecular weight is 344 g/mol. The molecule has 6 heteroatoms. The van der Waals surface area contributed by atoms with Gasteiger partial charge in [-0.05, 0) is 49.7 Å². The zero-order chi connectivity index (χ0) is 17.4.